The SMILES string of the molecule is CCCN1C(=O)c2n[nH]c(-c3ccco3)c2[C@H]1c1ccc(OC)cc1OC. The standard InChI is InChI=1S/C20H21N3O4/c1-4-9-23-19(13-8-7-12(25-2)11-15(13)26-3)16-17(14-6-5-10-27-14)21-22-18(16)20(23)24/h5-8,10-11,19H,4,9H2,1-3H3,(H,21,22)/t19-/m1/s1. The van der Waals surface area contributed by atoms with Crippen LogP contribution in [0.15, 0.2) is 41.0 Å². The van der Waals surface area contributed by atoms with Crippen molar-refractivity contribution >= 4 is 5.91 Å². The van der Waals surface area contributed by atoms with Crippen LogP contribution in [-0.2, 0) is 0 Å². The molecular weight excluding hydrogens is 346 g/mol. The number of carbonyl (C=O) groups is 1. The first-order valence-electron chi connectivity index (χ1n) is 8.84. The fourth-order valence-electron chi connectivity index (χ4n) is 3.64. The maximum atomic E-state index is 13.0. The van der Waals surface area contributed by atoms with Crippen LogP contribution in [0.1, 0.15) is 41.0 Å². The van der Waals surface area contributed by atoms with Crippen LogP contribution >= 0.6 is 0 Å². The van der Waals surface area contributed by atoms with Crippen molar-refractivity contribution in [3.05, 3.63) is 53.4 Å². The number of furan rings is 1. The molecule has 0 fully saturated rings. The number of hydrogen-bond acceptors (Lipinski definition) is 5. The Morgan fingerprint density at radius 1 is 1.26 bits per heavy atom. The van der Waals surface area contributed by atoms with Gasteiger partial charge in [0, 0.05) is 23.7 Å². The van der Waals surface area contributed by atoms with E-state index < -0.39 is 0 Å². The fraction of sp³-hybridized carbons (Fsp3) is 0.300. The van der Waals surface area contributed by atoms with Crippen molar-refractivity contribution in [3.8, 4) is 23.0 Å². The molecule has 1 atom stereocenters. The second-order valence-electron chi connectivity index (χ2n) is 6.35. The molecule has 4 rings (SSSR count). The molecule has 1 aliphatic heterocycles. The summed E-state index contributed by atoms with van der Waals surface area (Å²) in [5.41, 5.74) is 2.84. The lowest BCUT2D eigenvalue weighted by Crippen LogP contribution is -2.30. The van der Waals surface area contributed by atoms with Gasteiger partial charge in [-0.2, -0.15) is 5.10 Å². The second-order valence-corrected chi connectivity index (χ2v) is 6.35. The predicted octanol–water partition coefficient (Wildman–Crippen LogP) is 3.64. The summed E-state index contributed by atoms with van der Waals surface area (Å²) >= 11 is 0. The molecule has 1 N–H and O–H groups in total. The van der Waals surface area contributed by atoms with E-state index in [1.807, 2.05) is 42.2 Å². The molecular formula is C20H21N3O4. The number of hydrogen-bond donors (Lipinski definition) is 1. The molecule has 7 nitrogen and oxygen atoms in total. The van der Waals surface area contributed by atoms with E-state index in [2.05, 4.69) is 10.2 Å². The molecule has 27 heavy (non-hydrogen) atoms. The first-order valence-corrected chi connectivity index (χ1v) is 8.84. The number of fused-ring (bicyclic) bond motifs is 1. The number of carbonyl (C=O) groups excluding carboxylic acids is 1. The maximum Gasteiger partial charge on any atom is 0.275 e. The van der Waals surface area contributed by atoms with Crippen molar-refractivity contribution < 1.29 is 18.7 Å². The van der Waals surface area contributed by atoms with Gasteiger partial charge in [0.2, 0.25) is 0 Å². The van der Waals surface area contributed by atoms with E-state index in [4.69, 9.17) is 13.9 Å². The summed E-state index contributed by atoms with van der Waals surface area (Å²) in [5.74, 6) is 1.91. The van der Waals surface area contributed by atoms with Gasteiger partial charge in [-0.25, -0.2) is 0 Å². The van der Waals surface area contributed by atoms with Gasteiger partial charge in [0.25, 0.3) is 5.91 Å². The van der Waals surface area contributed by atoms with Crippen LogP contribution < -0.4 is 9.47 Å². The summed E-state index contributed by atoms with van der Waals surface area (Å²) < 4.78 is 16.5. The van der Waals surface area contributed by atoms with Crippen molar-refractivity contribution in [2.75, 3.05) is 20.8 Å². The lowest BCUT2D eigenvalue weighted by molar-refractivity contribution is 0.0742. The Morgan fingerprint density at radius 2 is 2.11 bits per heavy atom. The number of aromatic nitrogens is 2. The minimum Gasteiger partial charge on any atom is -0.497 e. The van der Waals surface area contributed by atoms with E-state index >= 15 is 0 Å². The van der Waals surface area contributed by atoms with E-state index in [0.717, 1.165) is 17.5 Å². The van der Waals surface area contributed by atoms with Gasteiger partial charge in [-0.1, -0.05) is 6.92 Å². The maximum absolute atomic E-state index is 13.0. The number of rotatable bonds is 6. The summed E-state index contributed by atoms with van der Waals surface area (Å²) in [6.07, 6.45) is 2.44. The largest absolute Gasteiger partial charge is 0.497 e. The molecule has 1 aliphatic rings. The van der Waals surface area contributed by atoms with Gasteiger partial charge in [-0.05, 0) is 30.7 Å². The van der Waals surface area contributed by atoms with Gasteiger partial charge in [0.1, 0.15) is 17.2 Å². The molecule has 7 heteroatoms. The lowest BCUT2D eigenvalue weighted by Gasteiger charge is -2.27. The van der Waals surface area contributed by atoms with Gasteiger partial charge in [-0.15, -0.1) is 0 Å². The molecule has 0 bridgehead atoms. The zero-order chi connectivity index (χ0) is 19.0. The van der Waals surface area contributed by atoms with Crippen molar-refractivity contribution in [2.24, 2.45) is 0 Å². The summed E-state index contributed by atoms with van der Waals surface area (Å²) in [5, 5.41) is 7.26. The third-order valence-electron chi connectivity index (χ3n) is 4.82. The lowest BCUT2D eigenvalue weighted by atomic mass is 9.97. The summed E-state index contributed by atoms with van der Waals surface area (Å²) in [6.45, 7) is 2.66. The van der Waals surface area contributed by atoms with Crippen LogP contribution in [0.3, 0.4) is 0 Å². The average Bonchev–Trinajstić information content (AvgIpc) is 3.41. The Labute approximate surface area is 156 Å². The van der Waals surface area contributed by atoms with E-state index in [0.29, 0.717) is 35.2 Å². The van der Waals surface area contributed by atoms with Crippen molar-refractivity contribution in [1.82, 2.24) is 15.1 Å². The molecule has 1 amide bonds. The Morgan fingerprint density at radius 3 is 2.78 bits per heavy atom. The van der Waals surface area contributed by atoms with Crippen LogP contribution in [0.4, 0.5) is 0 Å². The molecule has 0 saturated heterocycles. The van der Waals surface area contributed by atoms with E-state index in [9.17, 15) is 4.79 Å². The average molecular weight is 367 g/mol. The summed E-state index contributed by atoms with van der Waals surface area (Å²) in [4.78, 5) is 14.9. The molecule has 0 radical (unpaired) electrons. The highest BCUT2D eigenvalue weighted by molar-refractivity contribution is 6.00. The Kier molecular flexibility index (Phi) is 4.35. The van der Waals surface area contributed by atoms with Gasteiger partial charge in [0.05, 0.1) is 26.5 Å². The second kappa shape index (κ2) is 6.83. The first kappa shape index (κ1) is 17.2. The molecule has 0 unspecified atom stereocenters. The van der Waals surface area contributed by atoms with Crippen molar-refractivity contribution in [2.45, 2.75) is 19.4 Å². The topological polar surface area (TPSA) is 80.6 Å². The van der Waals surface area contributed by atoms with Crippen LogP contribution in [0.25, 0.3) is 11.5 Å². The van der Waals surface area contributed by atoms with E-state index in [1.165, 1.54) is 0 Å². The number of nitrogens with zero attached hydrogens (tertiary/aromatic N) is 2. The van der Waals surface area contributed by atoms with Crippen molar-refractivity contribution in [3.63, 3.8) is 0 Å². The zero-order valence-corrected chi connectivity index (χ0v) is 15.5. The number of ether oxygens (including phenoxy) is 2. The molecule has 0 aliphatic carbocycles. The van der Waals surface area contributed by atoms with Gasteiger partial charge < -0.3 is 18.8 Å². The zero-order valence-electron chi connectivity index (χ0n) is 15.5. The Balaban J connectivity index is 1.91. The summed E-state index contributed by atoms with van der Waals surface area (Å²) in [7, 11) is 3.23. The van der Waals surface area contributed by atoms with E-state index in [-0.39, 0.29) is 11.9 Å². The van der Waals surface area contributed by atoms with Crippen LogP contribution in [-0.4, -0.2) is 41.8 Å². The minimum absolute atomic E-state index is 0.0937. The van der Waals surface area contributed by atoms with Gasteiger partial charge >= 0.3 is 0 Å². The van der Waals surface area contributed by atoms with Crippen LogP contribution in [0.5, 0.6) is 11.5 Å². The third kappa shape index (κ3) is 2.66. The molecule has 3 heterocycles. The molecule has 1 aromatic carbocycles. The van der Waals surface area contributed by atoms with Crippen molar-refractivity contribution in [1.29, 1.82) is 0 Å². The number of methoxy groups -OCH3 is 2. The van der Waals surface area contributed by atoms with Gasteiger partial charge in [-0.3, -0.25) is 9.89 Å². The molecule has 2 aromatic heterocycles. The van der Waals surface area contributed by atoms with Gasteiger partial charge in [0.15, 0.2) is 11.5 Å². The van der Waals surface area contributed by atoms with Crippen LogP contribution in [0.2, 0.25) is 0 Å². The quantitative estimate of drug-likeness (QED) is 0.719. The Bertz CT molecular complexity index is 962. The Hall–Kier alpha value is -3.22. The van der Waals surface area contributed by atoms with E-state index in [1.54, 1.807) is 20.5 Å². The highest BCUT2D eigenvalue weighted by Crippen LogP contribution is 2.46. The number of H-pyrrole nitrogens is 1. The fourth-order valence-corrected chi connectivity index (χ4v) is 3.64. The number of benzene rings is 1. The summed E-state index contributed by atoms with van der Waals surface area (Å²) in [6, 6.07) is 8.99. The smallest absolute Gasteiger partial charge is 0.275 e. The number of nitrogens with one attached hydrogen (secondary N) is 1. The molecule has 0 spiro atoms. The van der Waals surface area contributed by atoms with Crippen LogP contribution in [0, 0.1) is 0 Å². The monoisotopic (exact) mass is 367 g/mol. The normalized spacial score (nSPS) is 15.9. The number of amides is 1. The predicted molar refractivity (Wildman–Crippen MR) is 99.0 cm³/mol. The highest BCUT2D eigenvalue weighted by atomic mass is 16.5. The molecule has 0 saturated carbocycles. The third-order valence-corrected chi connectivity index (χ3v) is 4.82. The highest BCUT2D eigenvalue weighted by Gasteiger charge is 2.43. The first-order chi connectivity index (χ1) is 13.2. The molecule has 3 aromatic rings. The molecule has 140 valence electrons. The number of aromatic amines is 1. The minimum atomic E-state index is -0.313.